The number of hydrogen-bond acceptors (Lipinski definition) is 3. The lowest BCUT2D eigenvalue weighted by Crippen LogP contribution is -2.50. The molecular formula is C25H23ClN2O3. The molecule has 31 heavy (non-hydrogen) atoms. The van der Waals surface area contributed by atoms with Gasteiger partial charge in [0.1, 0.15) is 5.75 Å². The fraction of sp³-hybridized carbons (Fsp3) is 0.200. The van der Waals surface area contributed by atoms with E-state index in [9.17, 15) is 9.59 Å². The van der Waals surface area contributed by atoms with Gasteiger partial charge in [-0.2, -0.15) is 0 Å². The Hall–Kier alpha value is -3.31. The van der Waals surface area contributed by atoms with Crippen molar-refractivity contribution >= 4 is 23.4 Å². The number of methoxy groups -OCH3 is 1. The monoisotopic (exact) mass is 434 g/mol. The zero-order valence-corrected chi connectivity index (χ0v) is 18.0. The molecule has 1 saturated heterocycles. The molecule has 1 aliphatic rings. The number of para-hydroxylation sites is 1. The zero-order valence-electron chi connectivity index (χ0n) is 17.3. The van der Waals surface area contributed by atoms with Crippen LogP contribution in [-0.4, -0.2) is 54.9 Å². The number of carbonyl (C=O) groups excluding carboxylic acids is 2. The Morgan fingerprint density at radius 2 is 1.35 bits per heavy atom. The Morgan fingerprint density at radius 1 is 0.774 bits per heavy atom. The Labute approximate surface area is 186 Å². The minimum Gasteiger partial charge on any atom is -0.496 e. The van der Waals surface area contributed by atoms with Crippen molar-refractivity contribution in [2.75, 3.05) is 33.3 Å². The van der Waals surface area contributed by atoms with Crippen LogP contribution in [-0.2, 0) is 0 Å². The maximum Gasteiger partial charge on any atom is 0.254 e. The molecule has 3 aromatic rings. The highest BCUT2D eigenvalue weighted by atomic mass is 35.5. The van der Waals surface area contributed by atoms with Crippen LogP contribution in [0, 0.1) is 0 Å². The van der Waals surface area contributed by atoms with Crippen LogP contribution >= 0.6 is 11.6 Å². The summed E-state index contributed by atoms with van der Waals surface area (Å²) in [6.45, 7) is 1.96. The highest BCUT2D eigenvalue weighted by Gasteiger charge is 2.26. The van der Waals surface area contributed by atoms with Crippen LogP contribution < -0.4 is 4.74 Å². The van der Waals surface area contributed by atoms with Gasteiger partial charge in [-0.3, -0.25) is 9.59 Å². The molecule has 1 fully saturated rings. The number of carbonyl (C=O) groups is 2. The number of ether oxygens (including phenoxy) is 1. The average Bonchev–Trinajstić information content (AvgIpc) is 2.83. The van der Waals surface area contributed by atoms with Gasteiger partial charge in [0, 0.05) is 47.9 Å². The summed E-state index contributed by atoms with van der Waals surface area (Å²) in [6, 6.07) is 22.3. The number of piperazine rings is 1. The van der Waals surface area contributed by atoms with E-state index in [0.29, 0.717) is 42.3 Å². The molecule has 0 unspecified atom stereocenters. The van der Waals surface area contributed by atoms with Crippen molar-refractivity contribution in [1.82, 2.24) is 9.80 Å². The Morgan fingerprint density at radius 3 is 1.97 bits per heavy atom. The number of hydrogen-bond donors (Lipinski definition) is 0. The molecule has 0 atom stereocenters. The SMILES string of the molecule is COc1ccccc1-c1cccc(C(=O)N2CCN(C(=O)c3cccc(Cl)c3)CC2)c1. The highest BCUT2D eigenvalue weighted by molar-refractivity contribution is 6.30. The third kappa shape index (κ3) is 4.57. The summed E-state index contributed by atoms with van der Waals surface area (Å²) in [7, 11) is 1.64. The molecule has 0 aliphatic carbocycles. The van der Waals surface area contributed by atoms with Crippen molar-refractivity contribution in [2.24, 2.45) is 0 Å². The smallest absolute Gasteiger partial charge is 0.254 e. The van der Waals surface area contributed by atoms with Crippen LogP contribution in [0.15, 0.2) is 72.8 Å². The maximum absolute atomic E-state index is 13.1. The molecule has 3 aromatic carbocycles. The third-order valence-electron chi connectivity index (χ3n) is 5.45. The van der Waals surface area contributed by atoms with Crippen LogP contribution in [0.3, 0.4) is 0 Å². The minimum absolute atomic E-state index is 0.0356. The van der Waals surface area contributed by atoms with Crippen molar-refractivity contribution in [1.29, 1.82) is 0 Å². The molecule has 0 spiro atoms. The Bertz CT molecular complexity index is 1110. The van der Waals surface area contributed by atoms with E-state index in [1.54, 1.807) is 41.2 Å². The number of halogens is 1. The standard InChI is InChI=1S/C25H23ClN2O3/c1-31-23-11-3-2-10-22(23)18-6-4-7-19(16-18)24(29)27-12-14-28(15-13-27)25(30)20-8-5-9-21(26)17-20/h2-11,16-17H,12-15H2,1H3. The molecule has 4 rings (SSSR count). The van der Waals surface area contributed by atoms with Gasteiger partial charge in [0.05, 0.1) is 7.11 Å². The summed E-state index contributed by atoms with van der Waals surface area (Å²) in [6.07, 6.45) is 0. The number of benzene rings is 3. The van der Waals surface area contributed by atoms with Crippen molar-refractivity contribution in [3.05, 3.63) is 88.9 Å². The summed E-state index contributed by atoms with van der Waals surface area (Å²) >= 11 is 6.00. The highest BCUT2D eigenvalue weighted by Crippen LogP contribution is 2.30. The van der Waals surface area contributed by atoms with Gasteiger partial charge in [-0.05, 0) is 42.0 Å². The molecule has 0 bridgehead atoms. The molecule has 0 radical (unpaired) electrons. The van der Waals surface area contributed by atoms with E-state index >= 15 is 0 Å². The molecule has 0 saturated carbocycles. The fourth-order valence-corrected chi connectivity index (χ4v) is 3.99. The van der Waals surface area contributed by atoms with Crippen molar-refractivity contribution in [2.45, 2.75) is 0 Å². The van der Waals surface area contributed by atoms with Crippen molar-refractivity contribution < 1.29 is 14.3 Å². The first kappa shape index (κ1) is 20.9. The van der Waals surface area contributed by atoms with E-state index in [-0.39, 0.29) is 11.8 Å². The summed E-state index contributed by atoms with van der Waals surface area (Å²) in [5.41, 5.74) is 3.06. The van der Waals surface area contributed by atoms with Crippen LogP contribution in [0.2, 0.25) is 5.02 Å². The largest absolute Gasteiger partial charge is 0.496 e. The predicted molar refractivity (Wildman–Crippen MR) is 122 cm³/mol. The van der Waals surface area contributed by atoms with Gasteiger partial charge in [0.2, 0.25) is 0 Å². The predicted octanol–water partition coefficient (Wildman–Crippen LogP) is 4.61. The molecular weight excluding hydrogens is 412 g/mol. The fourth-order valence-electron chi connectivity index (χ4n) is 3.80. The number of nitrogens with zero attached hydrogens (tertiary/aromatic N) is 2. The second kappa shape index (κ2) is 9.23. The first-order chi connectivity index (χ1) is 15.1. The van der Waals surface area contributed by atoms with Gasteiger partial charge >= 0.3 is 0 Å². The molecule has 6 heteroatoms. The lowest BCUT2D eigenvalue weighted by Gasteiger charge is -2.35. The minimum atomic E-state index is -0.0623. The molecule has 5 nitrogen and oxygen atoms in total. The zero-order chi connectivity index (χ0) is 21.8. The number of amides is 2. The molecule has 1 heterocycles. The van der Waals surface area contributed by atoms with Crippen molar-refractivity contribution in [3.8, 4) is 16.9 Å². The van der Waals surface area contributed by atoms with Gasteiger partial charge in [0.25, 0.3) is 11.8 Å². The topological polar surface area (TPSA) is 49.9 Å². The van der Waals surface area contributed by atoms with Crippen LogP contribution in [0.1, 0.15) is 20.7 Å². The van der Waals surface area contributed by atoms with Gasteiger partial charge in [0.15, 0.2) is 0 Å². The van der Waals surface area contributed by atoms with Gasteiger partial charge in [-0.1, -0.05) is 48.0 Å². The van der Waals surface area contributed by atoms with Crippen LogP contribution in [0.5, 0.6) is 5.75 Å². The van der Waals surface area contributed by atoms with Gasteiger partial charge in [-0.15, -0.1) is 0 Å². The molecule has 0 N–H and O–H groups in total. The second-order valence-electron chi connectivity index (χ2n) is 7.38. The normalized spacial score (nSPS) is 13.7. The summed E-state index contributed by atoms with van der Waals surface area (Å²) < 4.78 is 5.45. The van der Waals surface area contributed by atoms with Crippen molar-refractivity contribution in [3.63, 3.8) is 0 Å². The average molecular weight is 435 g/mol. The quantitative estimate of drug-likeness (QED) is 0.602. The lowest BCUT2D eigenvalue weighted by molar-refractivity contribution is 0.0535. The molecule has 158 valence electrons. The van der Waals surface area contributed by atoms with E-state index < -0.39 is 0 Å². The summed E-state index contributed by atoms with van der Waals surface area (Å²) in [5, 5.41) is 0.537. The molecule has 2 amide bonds. The Balaban J connectivity index is 1.45. The first-order valence-corrected chi connectivity index (χ1v) is 10.5. The molecule has 1 aliphatic heterocycles. The Kier molecular flexibility index (Phi) is 6.23. The van der Waals surface area contributed by atoms with Crippen LogP contribution in [0.25, 0.3) is 11.1 Å². The van der Waals surface area contributed by atoms with E-state index in [2.05, 4.69) is 0 Å². The third-order valence-corrected chi connectivity index (χ3v) is 5.69. The number of rotatable bonds is 4. The lowest BCUT2D eigenvalue weighted by atomic mass is 10.0. The first-order valence-electron chi connectivity index (χ1n) is 10.1. The van der Waals surface area contributed by atoms with E-state index in [1.807, 2.05) is 48.5 Å². The second-order valence-corrected chi connectivity index (χ2v) is 7.81. The van der Waals surface area contributed by atoms with E-state index in [0.717, 1.165) is 16.9 Å². The molecule has 0 aromatic heterocycles. The summed E-state index contributed by atoms with van der Waals surface area (Å²) in [4.78, 5) is 29.4. The van der Waals surface area contributed by atoms with E-state index in [4.69, 9.17) is 16.3 Å². The van der Waals surface area contributed by atoms with E-state index in [1.165, 1.54) is 0 Å². The maximum atomic E-state index is 13.1. The van der Waals surface area contributed by atoms with Gasteiger partial charge in [-0.25, -0.2) is 0 Å². The van der Waals surface area contributed by atoms with Crippen LogP contribution in [0.4, 0.5) is 0 Å². The summed E-state index contributed by atoms with van der Waals surface area (Å²) in [5.74, 6) is 0.666. The van der Waals surface area contributed by atoms with Gasteiger partial charge < -0.3 is 14.5 Å².